The van der Waals surface area contributed by atoms with Gasteiger partial charge in [0.05, 0.1) is 21.7 Å². The Balaban J connectivity index is 2.40. The van der Waals surface area contributed by atoms with Crippen LogP contribution < -0.4 is 0 Å². The zero-order valence-electron chi connectivity index (χ0n) is 10.4. The van der Waals surface area contributed by atoms with Crippen molar-refractivity contribution >= 4 is 29.5 Å². The number of carbonyl (C=O) groups excluding carboxylic acids is 2. The number of cyclic esters (lactones) is 2. The van der Waals surface area contributed by atoms with Crippen LogP contribution >= 0.6 is 11.6 Å². The van der Waals surface area contributed by atoms with E-state index in [1.54, 1.807) is 30.3 Å². The third-order valence-electron chi connectivity index (χ3n) is 3.17. The fourth-order valence-electron chi connectivity index (χ4n) is 2.31. The number of ether oxygens (including phenoxy) is 1. The quantitative estimate of drug-likeness (QED) is 0.681. The van der Waals surface area contributed by atoms with E-state index in [4.69, 9.17) is 11.6 Å². The molecule has 1 heterocycles. The van der Waals surface area contributed by atoms with Crippen molar-refractivity contribution in [2.24, 2.45) is 0 Å². The third kappa shape index (κ3) is 1.98. The highest BCUT2D eigenvalue weighted by Gasteiger charge is 2.38. The van der Waals surface area contributed by atoms with Crippen LogP contribution in [0.3, 0.4) is 0 Å². The van der Waals surface area contributed by atoms with Gasteiger partial charge in [-0.1, -0.05) is 41.9 Å². The first-order valence-electron chi connectivity index (χ1n) is 5.92. The highest BCUT2D eigenvalue weighted by Crippen LogP contribution is 2.37. The van der Waals surface area contributed by atoms with E-state index in [0.29, 0.717) is 11.1 Å². The number of carbonyl (C=O) groups is 3. The van der Waals surface area contributed by atoms with E-state index >= 15 is 0 Å². The van der Waals surface area contributed by atoms with Gasteiger partial charge in [0.1, 0.15) is 0 Å². The molecule has 0 unspecified atom stereocenters. The van der Waals surface area contributed by atoms with E-state index in [9.17, 15) is 19.5 Å². The van der Waals surface area contributed by atoms with Gasteiger partial charge in [0.25, 0.3) is 0 Å². The van der Waals surface area contributed by atoms with Crippen molar-refractivity contribution in [2.75, 3.05) is 0 Å². The summed E-state index contributed by atoms with van der Waals surface area (Å²) >= 11 is 5.97. The van der Waals surface area contributed by atoms with Gasteiger partial charge in [0, 0.05) is 0 Å². The number of benzene rings is 2. The van der Waals surface area contributed by atoms with E-state index in [1.807, 2.05) is 0 Å². The first kappa shape index (κ1) is 13.3. The number of hydrogen-bond acceptors (Lipinski definition) is 4. The molecule has 2 aromatic rings. The Morgan fingerprint density at radius 3 is 2.29 bits per heavy atom. The van der Waals surface area contributed by atoms with Crippen LogP contribution in [-0.2, 0) is 4.74 Å². The van der Waals surface area contributed by atoms with E-state index in [2.05, 4.69) is 4.74 Å². The highest BCUT2D eigenvalue weighted by molar-refractivity contribution is 6.36. The molecule has 0 aliphatic carbocycles. The molecule has 21 heavy (non-hydrogen) atoms. The molecule has 1 aliphatic rings. The minimum Gasteiger partial charge on any atom is -0.478 e. The van der Waals surface area contributed by atoms with Crippen LogP contribution in [0.15, 0.2) is 36.4 Å². The molecule has 0 atom stereocenters. The molecule has 0 saturated heterocycles. The summed E-state index contributed by atoms with van der Waals surface area (Å²) in [5.41, 5.74) is 0.240. The summed E-state index contributed by atoms with van der Waals surface area (Å²) in [4.78, 5) is 34.9. The summed E-state index contributed by atoms with van der Waals surface area (Å²) in [7, 11) is 0. The lowest BCUT2D eigenvalue weighted by molar-refractivity contribution is 0.0439. The molecule has 1 N–H and O–H groups in total. The average molecular weight is 303 g/mol. The number of rotatable bonds is 2. The van der Waals surface area contributed by atoms with Crippen LogP contribution in [0.5, 0.6) is 0 Å². The molecular weight excluding hydrogens is 296 g/mol. The Morgan fingerprint density at radius 2 is 1.67 bits per heavy atom. The van der Waals surface area contributed by atoms with Gasteiger partial charge in [0.2, 0.25) is 0 Å². The molecule has 0 saturated carbocycles. The lowest BCUT2D eigenvalue weighted by Crippen LogP contribution is -2.08. The molecule has 3 rings (SSSR count). The molecule has 6 heteroatoms. The minimum atomic E-state index is -1.39. The van der Waals surface area contributed by atoms with Gasteiger partial charge in [0.15, 0.2) is 0 Å². The number of carboxylic acid groups (broad SMARTS) is 1. The summed E-state index contributed by atoms with van der Waals surface area (Å²) in [6.45, 7) is 0. The maximum Gasteiger partial charge on any atom is 0.347 e. The smallest absolute Gasteiger partial charge is 0.347 e. The second-order valence-corrected chi connectivity index (χ2v) is 4.79. The van der Waals surface area contributed by atoms with Gasteiger partial charge in [-0.05, 0) is 17.2 Å². The summed E-state index contributed by atoms with van der Waals surface area (Å²) < 4.78 is 4.54. The van der Waals surface area contributed by atoms with Crippen LogP contribution in [-0.4, -0.2) is 23.0 Å². The van der Waals surface area contributed by atoms with Crippen molar-refractivity contribution in [3.05, 3.63) is 58.1 Å². The van der Waals surface area contributed by atoms with Gasteiger partial charge >= 0.3 is 17.9 Å². The zero-order chi connectivity index (χ0) is 15.1. The molecule has 0 fully saturated rings. The summed E-state index contributed by atoms with van der Waals surface area (Å²) in [6.07, 6.45) is 0. The normalized spacial score (nSPS) is 13.0. The molecule has 2 aromatic carbocycles. The average Bonchev–Trinajstić information content (AvgIpc) is 2.74. The molecule has 0 radical (unpaired) electrons. The van der Waals surface area contributed by atoms with Crippen LogP contribution in [0, 0.1) is 0 Å². The van der Waals surface area contributed by atoms with Gasteiger partial charge in [-0.3, -0.25) is 0 Å². The Morgan fingerprint density at radius 1 is 1.05 bits per heavy atom. The second-order valence-electron chi connectivity index (χ2n) is 4.38. The zero-order valence-corrected chi connectivity index (χ0v) is 11.2. The SMILES string of the molecule is O=C(O)c1c(Cl)cc(-c2ccccc2)c2c1C(=O)OC2=O. The van der Waals surface area contributed by atoms with Crippen molar-refractivity contribution in [3.8, 4) is 11.1 Å². The number of carboxylic acids is 1. The highest BCUT2D eigenvalue weighted by atomic mass is 35.5. The molecule has 1 aliphatic heterocycles. The lowest BCUT2D eigenvalue weighted by atomic mass is 9.93. The fraction of sp³-hybridized carbons (Fsp3) is 0. The summed E-state index contributed by atoms with van der Waals surface area (Å²) in [6, 6.07) is 10.1. The predicted molar refractivity (Wildman–Crippen MR) is 73.6 cm³/mol. The van der Waals surface area contributed by atoms with Crippen LogP contribution in [0.1, 0.15) is 31.1 Å². The minimum absolute atomic E-state index is 0.0620. The molecular formula is C15H7ClO5. The van der Waals surface area contributed by atoms with Gasteiger partial charge < -0.3 is 9.84 Å². The molecule has 104 valence electrons. The fourth-order valence-corrected chi connectivity index (χ4v) is 2.59. The summed E-state index contributed by atoms with van der Waals surface area (Å²) in [5, 5.41) is 9.07. The van der Waals surface area contributed by atoms with E-state index < -0.39 is 23.5 Å². The van der Waals surface area contributed by atoms with Gasteiger partial charge in [-0.15, -0.1) is 0 Å². The second kappa shape index (κ2) is 4.71. The molecule has 0 amide bonds. The maximum absolute atomic E-state index is 11.9. The van der Waals surface area contributed by atoms with Crippen LogP contribution in [0.2, 0.25) is 5.02 Å². The number of fused-ring (bicyclic) bond motifs is 1. The topological polar surface area (TPSA) is 80.7 Å². The van der Waals surface area contributed by atoms with Crippen molar-refractivity contribution in [2.45, 2.75) is 0 Å². The standard InChI is InChI=1S/C15H7ClO5/c16-9-6-8(7-4-2-1-3-5-7)10-12(11(9)13(17)18)15(20)21-14(10)19/h1-6H,(H,17,18). The number of esters is 2. The van der Waals surface area contributed by atoms with E-state index in [1.165, 1.54) is 6.07 Å². The Bertz CT molecular complexity index is 795. The lowest BCUT2D eigenvalue weighted by Gasteiger charge is -2.09. The van der Waals surface area contributed by atoms with Crippen molar-refractivity contribution in [3.63, 3.8) is 0 Å². The maximum atomic E-state index is 11.9. The predicted octanol–water partition coefficient (Wildman–Crippen LogP) is 3.02. The first-order valence-corrected chi connectivity index (χ1v) is 6.30. The number of halogens is 1. The van der Waals surface area contributed by atoms with Gasteiger partial charge in [-0.2, -0.15) is 0 Å². The van der Waals surface area contributed by atoms with Crippen molar-refractivity contribution in [1.82, 2.24) is 0 Å². The Kier molecular flexibility index (Phi) is 2.99. The molecule has 0 spiro atoms. The van der Waals surface area contributed by atoms with E-state index in [-0.39, 0.29) is 16.1 Å². The third-order valence-corrected chi connectivity index (χ3v) is 3.47. The molecule has 0 bridgehead atoms. The first-order chi connectivity index (χ1) is 10.0. The molecule has 0 aromatic heterocycles. The summed E-state index contributed by atoms with van der Waals surface area (Å²) in [5.74, 6) is -3.25. The van der Waals surface area contributed by atoms with Crippen molar-refractivity contribution < 1.29 is 24.2 Å². The largest absolute Gasteiger partial charge is 0.478 e. The number of aromatic carboxylic acids is 1. The van der Waals surface area contributed by atoms with Crippen molar-refractivity contribution in [1.29, 1.82) is 0 Å². The van der Waals surface area contributed by atoms with Crippen LogP contribution in [0.4, 0.5) is 0 Å². The molecule has 5 nitrogen and oxygen atoms in total. The van der Waals surface area contributed by atoms with Crippen LogP contribution in [0.25, 0.3) is 11.1 Å². The Hall–Kier alpha value is -2.66. The van der Waals surface area contributed by atoms with Gasteiger partial charge in [-0.25, -0.2) is 14.4 Å². The monoisotopic (exact) mass is 302 g/mol. The Labute approximate surface area is 123 Å². The van der Waals surface area contributed by atoms with E-state index in [0.717, 1.165) is 0 Å². The number of hydrogen-bond donors (Lipinski definition) is 1.